The van der Waals surface area contributed by atoms with Gasteiger partial charge in [-0.05, 0) is 25.1 Å². The number of carboxylic acid groups (broad SMARTS) is 1. The maximum absolute atomic E-state index is 11.2. The van der Waals surface area contributed by atoms with Crippen LogP contribution in [0.5, 0.6) is 0 Å². The van der Waals surface area contributed by atoms with Crippen molar-refractivity contribution in [3.05, 3.63) is 40.0 Å². The summed E-state index contributed by atoms with van der Waals surface area (Å²) < 4.78 is 1.56. The van der Waals surface area contributed by atoms with Crippen LogP contribution in [0, 0.1) is 0 Å². The second-order valence-electron chi connectivity index (χ2n) is 3.68. The fourth-order valence-electron chi connectivity index (χ4n) is 1.62. The Balaban J connectivity index is 2.62. The van der Waals surface area contributed by atoms with E-state index in [1.807, 2.05) is 6.92 Å². The van der Waals surface area contributed by atoms with Gasteiger partial charge >= 0.3 is 5.97 Å². The summed E-state index contributed by atoms with van der Waals surface area (Å²) in [6.45, 7) is 2.47. The Morgan fingerprint density at radius 2 is 2.17 bits per heavy atom. The average molecular weight is 285 g/mol. The van der Waals surface area contributed by atoms with Gasteiger partial charge in [-0.3, -0.25) is 4.68 Å². The van der Waals surface area contributed by atoms with E-state index >= 15 is 0 Å². The van der Waals surface area contributed by atoms with E-state index in [1.165, 1.54) is 6.20 Å². The number of halogens is 2. The van der Waals surface area contributed by atoms with Crippen LogP contribution < -0.4 is 0 Å². The molecule has 0 saturated heterocycles. The minimum atomic E-state index is -1.03. The van der Waals surface area contributed by atoms with Crippen molar-refractivity contribution in [2.75, 3.05) is 0 Å². The van der Waals surface area contributed by atoms with E-state index in [0.29, 0.717) is 27.8 Å². The van der Waals surface area contributed by atoms with Crippen LogP contribution in [0.15, 0.2) is 24.4 Å². The van der Waals surface area contributed by atoms with Gasteiger partial charge in [0, 0.05) is 23.3 Å². The van der Waals surface area contributed by atoms with Crippen LogP contribution in [-0.2, 0) is 6.54 Å². The lowest BCUT2D eigenvalue weighted by molar-refractivity contribution is 0.0697. The summed E-state index contributed by atoms with van der Waals surface area (Å²) in [7, 11) is 0. The van der Waals surface area contributed by atoms with Gasteiger partial charge in [0.1, 0.15) is 11.3 Å². The van der Waals surface area contributed by atoms with Gasteiger partial charge in [-0.1, -0.05) is 23.2 Å². The summed E-state index contributed by atoms with van der Waals surface area (Å²) in [5, 5.41) is 14.3. The molecule has 0 unspecified atom stereocenters. The van der Waals surface area contributed by atoms with Gasteiger partial charge in [0.25, 0.3) is 0 Å². The van der Waals surface area contributed by atoms with Gasteiger partial charge in [0.2, 0.25) is 0 Å². The lowest BCUT2D eigenvalue weighted by Crippen LogP contribution is -1.97. The standard InChI is InChI=1S/C12H10Cl2N2O2/c1-2-16-6-9(12(17)18)11(15-16)8-4-3-7(13)5-10(8)14/h3-6H,2H2,1H3,(H,17,18). The van der Waals surface area contributed by atoms with Crippen molar-refractivity contribution < 1.29 is 9.90 Å². The molecule has 0 aliphatic carbocycles. The normalized spacial score (nSPS) is 10.6. The first kappa shape index (κ1) is 12.9. The Bertz CT molecular complexity index is 608. The van der Waals surface area contributed by atoms with E-state index in [1.54, 1.807) is 22.9 Å². The zero-order valence-corrected chi connectivity index (χ0v) is 11.0. The molecule has 94 valence electrons. The van der Waals surface area contributed by atoms with E-state index in [-0.39, 0.29) is 5.56 Å². The Hall–Kier alpha value is -1.52. The smallest absolute Gasteiger partial charge is 0.339 e. The van der Waals surface area contributed by atoms with Crippen LogP contribution in [-0.4, -0.2) is 20.9 Å². The maximum atomic E-state index is 11.2. The molecule has 2 rings (SSSR count). The summed E-state index contributed by atoms with van der Waals surface area (Å²) in [6, 6.07) is 4.88. The molecule has 0 saturated carbocycles. The Labute approximate surface area is 114 Å². The Kier molecular flexibility index (Phi) is 3.59. The number of nitrogens with zero attached hydrogens (tertiary/aromatic N) is 2. The van der Waals surface area contributed by atoms with E-state index in [4.69, 9.17) is 28.3 Å². The third-order valence-corrected chi connectivity index (χ3v) is 3.05. The molecule has 0 aliphatic heterocycles. The second kappa shape index (κ2) is 5.00. The van der Waals surface area contributed by atoms with Crippen LogP contribution in [0.2, 0.25) is 10.0 Å². The minimum Gasteiger partial charge on any atom is -0.478 e. The number of carbonyl (C=O) groups is 1. The number of hydrogen-bond acceptors (Lipinski definition) is 2. The Morgan fingerprint density at radius 3 is 2.72 bits per heavy atom. The number of hydrogen-bond donors (Lipinski definition) is 1. The summed E-state index contributed by atoms with van der Waals surface area (Å²) in [5.41, 5.74) is 1.04. The molecule has 2 aromatic rings. The first-order valence-electron chi connectivity index (χ1n) is 5.29. The molecule has 0 bridgehead atoms. The molecule has 0 atom stereocenters. The lowest BCUT2D eigenvalue weighted by atomic mass is 10.1. The first-order valence-corrected chi connectivity index (χ1v) is 6.04. The third-order valence-electron chi connectivity index (χ3n) is 2.50. The SMILES string of the molecule is CCn1cc(C(=O)O)c(-c2ccc(Cl)cc2Cl)n1. The molecule has 6 heteroatoms. The summed E-state index contributed by atoms with van der Waals surface area (Å²) in [6.07, 6.45) is 1.49. The fraction of sp³-hybridized carbons (Fsp3) is 0.167. The number of rotatable bonds is 3. The van der Waals surface area contributed by atoms with Crippen molar-refractivity contribution in [2.24, 2.45) is 0 Å². The Morgan fingerprint density at radius 1 is 1.44 bits per heavy atom. The molecule has 0 radical (unpaired) electrons. The van der Waals surface area contributed by atoms with Crippen LogP contribution in [0.25, 0.3) is 11.3 Å². The van der Waals surface area contributed by atoms with Crippen LogP contribution in [0.3, 0.4) is 0 Å². The van der Waals surface area contributed by atoms with E-state index in [2.05, 4.69) is 5.10 Å². The molecular weight excluding hydrogens is 275 g/mol. The molecular formula is C12H10Cl2N2O2. The number of carboxylic acids is 1. The topological polar surface area (TPSA) is 55.1 Å². The van der Waals surface area contributed by atoms with Crippen molar-refractivity contribution in [3.8, 4) is 11.3 Å². The van der Waals surface area contributed by atoms with Gasteiger partial charge in [-0.15, -0.1) is 0 Å². The maximum Gasteiger partial charge on any atom is 0.339 e. The highest BCUT2D eigenvalue weighted by molar-refractivity contribution is 6.36. The van der Waals surface area contributed by atoms with Crippen LogP contribution in [0.4, 0.5) is 0 Å². The zero-order chi connectivity index (χ0) is 13.3. The second-order valence-corrected chi connectivity index (χ2v) is 4.52. The van der Waals surface area contributed by atoms with E-state index in [0.717, 1.165) is 0 Å². The average Bonchev–Trinajstić information content (AvgIpc) is 2.73. The van der Waals surface area contributed by atoms with Crippen molar-refractivity contribution in [2.45, 2.75) is 13.5 Å². The summed E-state index contributed by atoms with van der Waals surface area (Å²) >= 11 is 11.9. The fourth-order valence-corrected chi connectivity index (χ4v) is 2.12. The lowest BCUT2D eigenvalue weighted by Gasteiger charge is -2.02. The van der Waals surface area contributed by atoms with Crippen molar-refractivity contribution in [3.63, 3.8) is 0 Å². The van der Waals surface area contributed by atoms with Gasteiger partial charge in [0.15, 0.2) is 0 Å². The molecule has 4 nitrogen and oxygen atoms in total. The summed E-state index contributed by atoms with van der Waals surface area (Å²) in [5.74, 6) is -1.03. The van der Waals surface area contributed by atoms with Crippen molar-refractivity contribution in [1.29, 1.82) is 0 Å². The largest absolute Gasteiger partial charge is 0.478 e. The highest BCUT2D eigenvalue weighted by Gasteiger charge is 2.18. The summed E-state index contributed by atoms with van der Waals surface area (Å²) in [4.78, 5) is 11.2. The zero-order valence-electron chi connectivity index (χ0n) is 9.52. The van der Waals surface area contributed by atoms with Gasteiger partial charge < -0.3 is 5.11 Å². The minimum absolute atomic E-state index is 0.126. The molecule has 0 amide bonds. The predicted octanol–water partition coefficient (Wildman–Crippen LogP) is 3.58. The first-order chi connectivity index (χ1) is 8.52. The molecule has 1 aromatic carbocycles. The monoisotopic (exact) mass is 284 g/mol. The molecule has 1 heterocycles. The molecule has 0 spiro atoms. The predicted molar refractivity (Wildman–Crippen MR) is 70.3 cm³/mol. The number of benzene rings is 1. The van der Waals surface area contributed by atoms with Gasteiger partial charge in [-0.25, -0.2) is 4.79 Å². The highest BCUT2D eigenvalue weighted by Crippen LogP contribution is 2.31. The highest BCUT2D eigenvalue weighted by atomic mass is 35.5. The van der Waals surface area contributed by atoms with E-state index < -0.39 is 5.97 Å². The van der Waals surface area contributed by atoms with Gasteiger partial charge in [-0.2, -0.15) is 5.10 Å². The number of aromatic nitrogens is 2. The van der Waals surface area contributed by atoms with Crippen molar-refractivity contribution >= 4 is 29.2 Å². The molecule has 1 N–H and O–H groups in total. The quantitative estimate of drug-likeness (QED) is 0.937. The molecule has 0 fully saturated rings. The molecule has 18 heavy (non-hydrogen) atoms. The molecule has 0 aliphatic rings. The van der Waals surface area contributed by atoms with Gasteiger partial charge in [0.05, 0.1) is 5.02 Å². The van der Waals surface area contributed by atoms with Crippen LogP contribution in [0.1, 0.15) is 17.3 Å². The molecule has 1 aromatic heterocycles. The van der Waals surface area contributed by atoms with Crippen molar-refractivity contribution in [1.82, 2.24) is 9.78 Å². The van der Waals surface area contributed by atoms with E-state index in [9.17, 15) is 4.79 Å². The number of aryl methyl sites for hydroxylation is 1. The number of aromatic carboxylic acids is 1. The third kappa shape index (κ3) is 2.35. The van der Waals surface area contributed by atoms with Crippen LogP contribution >= 0.6 is 23.2 Å².